The van der Waals surface area contributed by atoms with Crippen molar-refractivity contribution in [3.63, 3.8) is 0 Å². The summed E-state index contributed by atoms with van der Waals surface area (Å²) in [4.78, 5) is 13.3. The van der Waals surface area contributed by atoms with Crippen LogP contribution in [0.25, 0.3) is 0 Å². The van der Waals surface area contributed by atoms with Crippen molar-refractivity contribution in [3.8, 4) is 11.5 Å². The molecule has 0 aliphatic rings. The number of nitrogens with zero attached hydrogens (tertiary/aromatic N) is 4. The quantitative estimate of drug-likeness (QED) is 0.679. The molecule has 0 aliphatic carbocycles. The Morgan fingerprint density at radius 2 is 1.96 bits per heavy atom. The maximum atomic E-state index is 11.7. The van der Waals surface area contributed by atoms with E-state index in [1.54, 1.807) is 26.1 Å². The molecule has 0 saturated carbocycles. The zero-order chi connectivity index (χ0) is 17.5. The van der Waals surface area contributed by atoms with E-state index in [1.807, 2.05) is 35.8 Å². The van der Waals surface area contributed by atoms with Crippen molar-refractivity contribution in [1.29, 1.82) is 0 Å². The van der Waals surface area contributed by atoms with Crippen LogP contribution in [0.3, 0.4) is 0 Å². The Labute approximate surface area is 146 Å². The lowest BCUT2D eigenvalue weighted by molar-refractivity contribution is -0.125. The molecule has 0 saturated heterocycles. The molecule has 0 radical (unpaired) electrons. The monoisotopic (exact) mass is 350 g/mol. The van der Waals surface area contributed by atoms with Gasteiger partial charge in [0, 0.05) is 20.6 Å². The standard InChI is InChI=1S/C16H22N4O3S/c1-5-20-14(10-23-13-9-7-6-8-12(13)22-4)17-18-16(20)24-11-15(21)19(2)3/h6-9H,5,10-11H2,1-4H3. The lowest BCUT2D eigenvalue weighted by atomic mass is 10.3. The second-order valence-electron chi connectivity index (χ2n) is 5.16. The Kier molecular flexibility index (Phi) is 6.48. The van der Waals surface area contributed by atoms with Gasteiger partial charge in [-0.05, 0) is 19.1 Å². The second kappa shape index (κ2) is 8.58. The Morgan fingerprint density at radius 1 is 1.25 bits per heavy atom. The van der Waals surface area contributed by atoms with Crippen LogP contribution in [0, 0.1) is 0 Å². The van der Waals surface area contributed by atoms with Crippen LogP contribution in [-0.2, 0) is 17.9 Å². The summed E-state index contributed by atoms with van der Waals surface area (Å²) in [6.07, 6.45) is 0. The molecule has 2 rings (SSSR count). The van der Waals surface area contributed by atoms with Crippen LogP contribution in [-0.4, -0.2) is 52.5 Å². The minimum atomic E-state index is 0.0393. The molecule has 2 aromatic rings. The Hall–Kier alpha value is -2.22. The molecule has 1 heterocycles. The number of amides is 1. The molecule has 8 heteroatoms. The minimum Gasteiger partial charge on any atom is -0.493 e. The normalized spacial score (nSPS) is 10.5. The van der Waals surface area contributed by atoms with Gasteiger partial charge in [-0.25, -0.2) is 0 Å². The van der Waals surface area contributed by atoms with Crippen LogP contribution in [0.15, 0.2) is 29.4 Å². The van der Waals surface area contributed by atoms with Crippen molar-refractivity contribution in [2.75, 3.05) is 27.0 Å². The number of rotatable bonds is 8. The van der Waals surface area contributed by atoms with Crippen LogP contribution in [0.4, 0.5) is 0 Å². The molecule has 0 unspecified atom stereocenters. The molecule has 1 amide bonds. The maximum absolute atomic E-state index is 11.7. The lowest BCUT2D eigenvalue weighted by Crippen LogP contribution is -2.23. The van der Waals surface area contributed by atoms with Crippen LogP contribution < -0.4 is 9.47 Å². The summed E-state index contributed by atoms with van der Waals surface area (Å²) in [5, 5.41) is 9.06. The smallest absolute Gasteiger partial charge is 0.232 e. The molecule has 7 nitrogen and oxygen atoms in total. The number of carbonyl (C=O) groups is 1. The van der Waals surface area contributed by atoms with Crippen molar-refractivity contribution in [3.05, 3.63) is 30.1 Å². The van der Waals surface area contributed by atoms with Crippen molar-refractivity contribution in [2.24, 2.45) is 0 Å². The summed E-state index contributed by atoms with van der Waals surface area (Å²) in [5.41, 5.74) is 0. The molecule has 0 N–H and O–H groups in total. The van der Waals surface area contributed by atoms with E-state index in [0.717, 1.165) is 0 Å². The number of ether oxygens (including phenoxy) is 2. The van der Waals surface area contributed by atoms with Gasteiger partial charge in [-0.2, -0.15) is 0 Å². The third-order valence-corrected chi connectivity index (χ3v) is 4.31. The van der Waals surface area contributed by atoms with Crippen molar-refractivity contribution in [1.82, 2.24) is 19.7 Å². The van der Waals surface area contributed by atoms with Gasteiger partial charge in [0.2, 0.25) is 5.91 Å². The van der Waals surface area contributed by atoms with Crippen molar-refractivity contribution >= 4 is 17.7 Å². The van der Waals surface area contributed by atoms with E-state index in [1.165, 1.54) is 11.8 Å². The molecule has 0 aliphatic heterocycles. The first-order valence-electron chi connectivity index (χ1n) is 7.57. The first-order valence-corrected chi connectivity index (χ1v) is 8.56. The summed E-state index contributed by atoms with van der Waals surface area (Å²) in [6.45, 7) is 2.99. The molecule has 130 valence electrons. The summed E-state index contributed by atoms with van der Waals surface area (Å²) < 4.78 is 13.0. The van der Waals surface area contributed by atoms with Gasteiger partial charge in [-0.15, -0.1) is 10.2 Å². The van der Waals surface area contributed by atoms with E-state index in [9.17, 15) is 4.79 Å². The van der Waals surface area contributed by atoms with Crippen LogP contribution >= 0.6 is 11.8 Å². The molecule has 0 atom stereocenters. The van der Waals surface area contributed by atoms with Gasteiger partial charge in [0.05, 0.1) is 12.9 Å². The highest BCUT2D eigenvalue weighted by atomic mass is 32.2. The van der Waals surface area contributed by atoms with Crippen molar-refractivity contribution in [2.45, 2.75) is 25.2 Å². The van der Waals surface area contributed by atoms with Crippen LogP contribution in [0.1, 0.15) is 12.7 Å². The summed E-state index contributed by atoms with van der Waals surface area (Å²) in [5.74, 6) is 2.41. The van der Waals surface area contributed by atoms with E-state index in [4.69, 9.17) is 9.47 Å². The second-order valence-corrected chi connectivity index (χ2v) is 6.10. The summed E-state index contributed by atoms with van der Waals surface area (Å²) in [6, 6.07) is 7.46. The highest BCUT2D eigenvalue weighted by molar-refractivity contribution is 7.99. The third kappa shape index (κ3) is 4.41. The molecular weight excluding hydrogens is 328 g/mol. The topological polar surface area (TPSA) is 69.5 Å². The van der Waals surface area contributed by atoms with Gasteiger partial charge < -0.3 is 18.9 Å². The fourth-order valence-electron chi connectivity index (χ4n) is 1.99. The number of aromatic nitrogens is 3. The first kappa shape index (κ1) is 18.1. The largest absolute Gasteiger partial charge is 0.493 e. The number of carbonyl (C=O) groups excluding carboxylic acids is 1. The van der Waals surface area contributed by atoms with Gasteiger partial charge in [0.1, 0.15) is 6.61 Å². The minimum absolute atomic E-state index is 0.0393. The molecule has 0 bridgehead atoms. The lowest BCUT2D eigenvalue weighted by Gasteiger charge is -2.12. The fourth-order valence-corrected chi connectivity index (χ4v) is 2.99. The summed E-state index contributed by atoms with van der Waals surface area (Å²) >= 11 is 1.38. The Balaban J connectivity index is 2.04. The van der Waals surface area contributed by atoms with Crippen LogP contribution in [0.5, 0.6) is 11.5 Å². The SMILES string of the molecule is CCn1c(COc2ccccc2OC)nnc1SCC(=O)N(C)C. The number of methoxy groups -OCH3 is 1. The van der Waals surface area contributed by atoms with Gasteiger partial charge in [-0.1, -0.05) is 23.9 Å². The Bertz CT molecular complexity index is 688. The average molecular weight is 350 g/mol. The van der Waals surface area contributed by atoms with Gasteiger partial charge in [-0.3, -0.25) is 4.79 Å². The molecular formula is C16H22N4O3S. The predicted molar refractivity (Wildman–Crippen MR) is 92.4 cm³/mol. The molecule has 1 aromatic carbocycles. The number of para-hydroxylation sites is 2. The van der Waals surface area contributed by atoms with E-state index in [0.29, 0.717) is 34.8 Å². The van der Waals surface area contributed by atoms with E-state index >= 15 is 0 Å². The van der Waals surface area contributed by atoms with E-state index in [2.05, 4.69) is 10.2 Å². The van der Waals surface area contributed by atoms with E-state index < -0.39 is 0 Å². The molecule has 1 aromatic heterocycles. The fraction of sp³-hybridized carbons (Fsp3) is 0.438. The maximum Gasteiger partial charge on any atom is 0.232 e. The van der Waals surface area contributed by atoms with Gasteiger partial charge in [0.25, 0.3) is 0 Å². The molecule has 0 fully saturated rings. The number of thioether (sulfide) groups is 1. The number of hydrogen-bond acceptors (Lipinski definition) is 6. The predicted octanol–water partition coefficient (Wildman–Crippen LogP) is 2.07. The average Bonchev–Trinajstić information content (AvgIpc) is 2.99. The Morgan fingerprint density at radius 3 is 2.58 bits per heavy atom. The zero-order valence-corrected chi connectivity index (χ0v) is 15.2. The summed E-state index contributed by atoms with van der Waals surface area (Å²) in [7, 11) is 5.08. The number of hydrogen-bond donors (Lipinski definition) is 0. The highest BCUT2D eigenvalue weighted by Crippen LogP contribution is 2.27. The van der Waals surface area contributed by atoms with Crippen LogP contribution in [0.2, 0.25) is 0 Å². The van der Waals surface area contributed by atoms with Gasteiger partial charge in [0.15, 0.2) is 22.5 Å². The molecule has 24 heavy (non-hydrogen) atoms. The van der Waals surface area contributed by atoms with Crippen molar-refractivity contribution < 1.29 is 14.3 Å². The number of benzene rings is 1. The van der Waals surface area contributed by atoms with Gasteiger partial charge >= 0.3 is 0 Å². The highest BCUT2D eigenvalue weighted by Gasteiger charge is 2.15. The first-order chi connectivity index (χ1) is 11.6. The van der Waals surface area contributed by atoms with E-state index in [-0.39, 0.29) is 12.5 Å². The zero-order valence-electron chi connectivity index (χ0n) is 14.4. The third-order valence-electron chi connectivity index (χ3n) is 3.36. The molecule has 0 spiro atoms.